The molecule has 5 nitrogen and oxygen atoms in total. The van der Waals surface area contributed by atoms with E-state index in [0.717, 1.165) is 6.42 Å². The number of carbonyl (C=O) groups excluding carboxylic acids is 2. The average molecular weight is 345 g/mol. The molecule has 1 N–H and O–H groups in total. The van der Waals surface area contributed by atoms with Gasteiger partial charge in [-0.25, -0.2) is 0 Å². The van der Waals surface area contributed by atoms with Crippen LogP contribution in [0.1, 0.15) is 55.5 Å². The minimum Gasteiger partial charge on any atom is -0.481 e. The molecule has 25 heavy (non-hydrogen) atoms. The van der Waals surface area contributed by atoms with Crippen molar-refractivity contribution in [3.63, 3.8) is 0 Å². The van der Waals surface area contributed by atoms with Gasteiger partial charge in [-0.15, -0.1) is 0 Å². The van der Waals surface area contributed by atoms with Gasteiger partial charge in [-0.3, -0.25) is 14.4 Å². The molecule has 1 fully saturated rings. The second-order valence-electron chi connectivity index (χ2n) is 7.21. The summed E-state index contributed by atoms with van der Waals surface area (Å²) >= 11 is 0. The van der Waals surface area contributed by atoms with Gasteiger partial charge in [0, 0.05) is 31.5 Å². The number of rotatable bonds is 7. The van der Waals surface area contributed by atoms with Gasteiger partial charge in [0.05, 0.1) is 5.92 Å². The summed E-state index contributed by atoms with van der Waals surface area (Å²) in [5.74, 6) is -0.652. The molecular formula is C20H27NO4. The predicted molar refractivity (Wildman–Crippen MR) is 95.5 cm³/mol. The number of Topliss-reactive ketones (excluding diaryl/α,β-unsaturated/α-hetero) is 1. The third-order valence-electron chi connectivity index (χ3n) is 4.68. The van der Waals surface area contributed by atoms with E-state index in [1.807, 2.05) is 24.3 Å². The van der Waals surface area contributed by atoms with E-state index in [1.165, 1.54) is 5.56 Å². The summed E-state index contributed by atoms with van der Waals surface area (Å²) in [7, 11) is 0. The van der Waals surface area contributed by atoms with E-state index in [2.05, 4.69) is 13.8 Å². The van der Waals surface area contributed by atoms with Gasteiger partial charge in [0.15, 0.2) is 5.78 Å². The highest BCUT2D eigenvalue weighted by molar-refractivity contribution is 5.98. The molecule has 0 atom stereocenters. The molecule has 0 aliphatic carbocycles. The van der Waals surface area contributed by atoms with Crippen molar-refractivity contribution in [2.24, 2.45) is 11.8 Å². The van der Waals surface area contributed by atoms with Gasteiger partial charge in [-0.05, 0) is 30.7 Å². The van der Waals surface area contributed by atoms with Crippen LogP contribution in [0.5, 0.6) is 0 Å². The Morgan fingerprint density at radius 1 is 1.08 bits per heavy atom. The van der Waals surface area contributed by atoms with Crippen molar-refractivity contribution in [1.29, 1.82) is 0 Å². The Labute approximate surface area is 149 Å². The van der Waals surface area contributed by atoms with Gasteiger partial charge in [-0.2, -0.15) is 0 Å². The second kappa shape index (κ2) is 8.79. The van der Waals surface area contributed by atoms with E-state index in [-0.39, 0.29) is 30.4 Å². The van der Waals surface area contributed by atoms with Crippen LogP contribution in [-0.4, -0.2) is 40.8 Å². The monoisotopic (exact) mass is 345 g/mol. The number of carboxylic acid groups (broad SMARTS) is 1. The molecule has 0 bridgehead atoms. The summed E-state index contributed by atoms with van der Waals surface area (Å²) in [6.07, 6.45) is 2.35. The zero-order chi connectivity index (χ0) is 18.4. The number of ketones is 1. The number of aliphatic carboxylic acids is 1. The number of piperidine rings is 1. The lowest BCUT2D eigenvalue weighted by molar-refractivity contribution is -0.145. The van der Waals surface area contributed by atoms with Gasteiger partial charge in [0.25, 0.3) is 0 Å². The molecule has 0 spiro atoms. The van der Waals surface area contributed by atoms with E-state index in [9.17, 15) is 14.4 Å². The molecule has 1 aliphatic heterocycles. The van der Waals surface area contributed by atoms with Gasteiger partial charge in [0.1, 0.15) is 0 Å². The smallest absolute Gasteiger partial charge is 0.306 e. The first-order valence-electron chi connectivity index (χ1n) is 8.99. The van der Waals surface area contributed by atoms with E-state index in [1.54, 1.807) is 4.90 Å². The third kappa shape index (κ3) is 5.69. The molecule has 1 aliphatic rings. The van der Waals surface area contributed by atoms with Crippen molar-refractivity contribution < 1.29 is 19.5 Å². The molecule has 1 saturated heterocycles. The molecular weight excluding hydrogens is 318 g/mol. The highest BCUT2D eigenvalue weighted by Gasteiger charge is 2.27. The summed E-state index contributed by atoms with van der Waals surface area (Å²) < 4.78 is 0. The highest BCUT2D eigenvalue weighted by Crippen LogP contribution is 2.19. The van der Waals surface area contributed by atoms with Crippen molar-refractivity contribution in [3.05, 3.63) is 35.4 Å². The predicted octanol–water partition coefficient (Wildman–Crippen LogP) is 3.17. The first kappa shape index (κ1) is 19.2. The number of carbonyl (C=O) groups is 3. The van der Waals surface area contributed by atoms with Crippen LogP contribution in [0.15, 0.2) is 24.3 Å². The van der Waals surface area contributed by atoms with E-state index in [0.29, 0.717) is 37.4 Å². The lowest BCUT2D eigenvalue weighted by Gasteiger charge is -2.30. The lowest BCUT2D eigenvalue weighted by Crippen LogP contribution is -2.40. The summed E-state index contributed by atoms with van der Waals surface area (Å²) in [4.78, 5) is 37.1. The van der Waals surface area contributed by atoms with Crippen LogP contribution in [0.25, 0.3) is 0 Å². The van der Waals surface area contributed by atoms with Crippen molar-refractivity contribution in [2.75, 3.05) is 13.1 Å². The topological polar surface area (TPSA) is 74.7 Å². The zero-order valence-corrected chi connectivity index (χ0v) is 15.0. The van der Waals surface area contributed by atoms with Crippen LogP contribution in [0.4, 0.5) is 0 Å². The first-order valence-corrected chi connectivity index (χ1v) is 8.99. The Bertz CT molecular complexity index is 613. The molecule has 0 radical (unpaired) electrons. The van der Waals surface area contributed by atoms with Crippen molar-refractivity contribution >= 4 is 17.7 Å². The Morgan fingerprint density at radius 2 is 1.68 bits per heavy atom. The lowest BCUT2D eigenvalue weighted by atomic mass is 9.96. The molecule has 1 aromatic carbocycles. The van der Waals surface area contributed by atoms with Crippen LogP contribution in [-0.2, 0) is 16.0 Å². The molecule has 0 aromatic heterocycles. The van der Waals surface area contributed by atoms with Crippen molar-refractivity contribution in [1.82, 2.24) is 4.90 Å². The van der Waals surface area contributed by atoms with Gasteiger partial charge in [0.2, 0.25) is 5.91 Å². The fourth-order valence-corrected chi connectivity index (χ4v) is 3.20. The Balaban J connectivity index is 1.79. The molecule has 5 heteroatoms. The van der Waals surface area contributed by atoms with Gasteiger partial charge in [-0.1, -0.05) is 38.1 Å². The molecule has 1 aromatic rings. The highest BCUT2D eigenvalue weighted by atomic mass is 16.4. The maximum Gasteiger partial charge on any atom is 0.306 e. The molecule has 0 saturated carbocycles. The minimum absolute atomic E-state index is 0.0233. The van der Waals surface area contributed by atoms with Crippen LogP contribution >= 0.6 is 0 Å². The van der Waals surface area contributed by atoms with Crippen LogP contribution in [0.2, 0.25) is 0 Å². The zero-order valence-electron chi connectivity index (χ0n) is 15.0. The molecule has 2 rings (SSSR count). The number of likely N-dealkylation sites (tertiary alicyclic amines) is 1. The Kier molecular flexibility index (Phi) is 6.73. The SMILES string of the molecule is CC(C)Cc1ccc(C(=O)CCC(=O)N2CCC(C(=O)O)CC2)cc1. The number of nitrogens with zero attached hydrogens (tertiary/aromatic N) is 1. The number of amides is 1. The molecule has 1 heterocycles. The Morgan fingerprint density at radius 3 is 2.20 bits per heavy atom. The van der Waals surface area contributed by atoms with Crippen LogP contribution in [0, 0.1) is 11.8 Å². The van der Waals surface area contributed by atoms with E-state index < -0.39 is 5.97 Å². The summed E-state index contributed by atoms with van der Waals surface area (Å²) in [6.45, 7) is 5.25. The van der Waals surface area contributed by atoms with Crippen molar-refractivity contribution in [2.45, 2.75) is 46.0 Å². The van der Waals surface area contributed by atoms with E-state index in [4.69, 9.17) is 5.11 Å². The second-order valence-corrected chi connectivity index (χ2v) is 7.21. The number of hydrogen-bond donors (Lipinski definition) is 1. The molecule has 0 unspecified atom stereocenters. The van der Waals surface area contributed by atoms with Crippen LogP contribution < -0.4 is 0 Å². The van der Waals surface area contributed by atoms with Gasteiger partial charge < -0.3 is 10.0 Å². The largest absolute Gasteiger partial charge is 0.481 e. The quantitative estimate of drug-likeness (QED) is 0.770. The summed E-state index contributed by atoms with van der Waals surface area (Å²) in [5.41, 5.74) is 1.86. The maximum atomic E-state index is 12.3. The fourth-order valence-electron chi connectivity index (χ4n) is 3.20. The maximum absolute atomic E-state index is 12.3. The van der Waals surface area contributed by atoms with Crippen molar-refractivity contribution in [3.8, 4) is 0 Å². The van der Waals surface area contributed by atoms with Crippen LogP contribution in [0.3, 0.4) is 0 Å². The third-order valence-corrected chi connectivity index (χ3v) is 4.68. The normalized spacial score (nSPS) is 15.4. The van der Waals surface area contributed by atoms with E-state index >= 15 is 0 Å². The average Bonchev–Trinajstić information content (AvgIpc) is 2.59. The van der Waals surface area contributed by atoms with Gasteiger partial charge >= 0.3 is 5.97 Å². The first-order chi connectivity index (χ1) is 11.9. The summed E-state index contributed by atoms with van der Waals surface area (Å²) in [5, 5.41) is 8.98. The number of hydrogen-bond acceptors (Lipinski definition) is 3. The number of carboxylic acids is 1. The standard InChI is InChI=1S/C20H27NO4/c1-14(2)13-15-3-5-16(6-4-15)18(22)7-8-19(23)21-11-9-17(10-12-21)20(24)25/h3-6,14,17H,7-13H2,1-2H3,(H,24,25). The fraction of sp³-hybridized carbons (Fsp3) is 0.550. The summed E-state index contributed by atoms with van der Waals surface area (Å²) in [6, 6.07) is 7.63. The minimum atomic E-state index is -0.789. The number of benzene rings is 1. The molecule has 1 amide bonds. The molecule has 136 valence electrons. The Hall–Kier alpha value is -2.17.